The van der Waals surface area contributed by atoms with Gasteiger partial charge in [0.25, 0.3) is 5.91 Å². The van der Waals surface area contributed by atoms with Gasteiger partial charge in [0.15, 0.2) is 18.1 Å². The summed E-state index contributed by atoms with van der Waals surface area (Å²) in [6, 6.07) is 15.0. The summed E-state index contributed by atoms with van der Waals surface area (Å²) in [7, 11) is 1.55. The molecule has 2 aromatic carbocycles. The van der Waals surface area contributed by atoms with Crippen LogP contribution in [0.2, 0.25) is 0 Å². The Kier molecular flexibility index (Phi) is 6.04. The molecule has 0 atom stereocenters. The third-order valence-electron chi connectivity index (χ3n) is 3.83. The second-order valence-electron chi connectivity index (χ2n) is 5.92. The Morgan fingerprint density at radius 1 is 1.15 bits per heavy atom. The molecule has 0 aliphatic heterocycles. The Morgan fingerprint density at radius 2 is 1.96 bits per heavy atom. The fraction of sp³-hybridized carbons (Fsp3) is 0.250. The molecule has 0 bridgehead atoms. The normalized spacial score (nSPS) is 10.4. The quantitative estimate of drug-likeness (QED) is 0.659. The lowest BCUT2D eigenvalue weighted by atomic mass is 10.1. The lowest BCUT2D eigenvalue weighted by Crippen LogP contribution is -2.30. The van der Waals surface area contributed by atoms with Crippen molar-refractivity contribution >= 4 is 5.91 Å². The minimum atomic E-state index is -0.237. The number of benzene rings is 2. The van der Waals surface area contributed by atoms with E-state index in [1.807, 2.05) is 43.3 Å². The van der Waals surface area contributed by atoms with Crippen LogP contribution in [-0.2, 0) is 11.2 Å². The number of aromatic nitrogens is 2. The minimum Gasteiger partial charge on any atom is -0.493 e. The van der Waals surface area contributed by atoms with Gasteiger partial charge in [-0.1, -0.05) is 41.1 Å². The zero-order valence-electron chi connectivity index (χ0n) is 15.3. The van der Waals surface area contributed by atoms with Crippen molar-refractivity contribution in [3.05, 3.63) is 60.0 Å². The number of nitrogens with zero attached hydrogens (tertiary/aromatic N) is 2. The van der Waals surface area contributed by atoms with Gasteiger partial charge in [0.1, 0.15) is 0 Å². The van der Waals surface area contributed by atoms with E-state index in [2.05, 4.69) is 15.5 Å². The predicted octanol–water partition coefficient (Wildman–Crippen LogP) is 2.79. The number of carbonyl (C=O) groups excluding carboxylic acids is 1. The van der Waals surface area contributed by atoms with Gasteiger partial charge in [0, 0.05) is 18.5 Å². The van der Waals surface area contributed by atoms with Crippen LogP contribution in [0.1, 0.15) is 11.5 Å². The van der Waals surface area contributed by atoms with Crippen molar-refractivity contribution in [3.8, 4) is 22.9 Å². The zero-order chi connectivity index (χ0) is 19.1. The number of nitrogens with one attached hydrogen (secondary N) is 1. The van der Waals surface area contributed by atoms with E-state index in [-0.39, 0.29) is 12.5 Å². The number of rotatable bonds is 8. The number of para-hydroxylation sites is 2. The van der Waals surface area contributed by atoms with E-state index in [4.69, 9.17) is 14.0 Å². The molecule has 7 nitrogen and oxygen atoms in total. The van der Waals surface area contributed by atoms with Gasteiger partial charge in [-0.05, 0) is 25.1 Å². The van der Waals surface area contributed by atoms with Gasteiger partial charge in [-0.3, -0.25) is 4.79 Å². The third kappa shape index (κ3) is 5.07. The van der Waals surface area contributed by atoms with Crippen molar-refractivity contribution < 1.29 is 18.8 Å². The molecule has 3 rings (SSSR count). The summed E-state index contributed by atoms with van der Waals surface area (Å²) in [6.07, 6.45) is 0.444. The molecule has 0 unspecified atom stereocenters. The van der Waals surface area contributed by atoms with Crippen molar-refractivity contribution in [1.29, 1.82) is 0 Å². The van der Waals surface area contributed by atoms with E-state index in [1.54, 1.807) is 19.2 Å². The Hall–Kier alpha value is -3.35. The maximum atomic E-state index is 11.9. The lowest BCUT2D eigenvalue weighted by molar-refractivity contribution is -0.123. The highest BCUT2D eigenvalue weighted by Crippen LogP contribution is 2.25. The molecule has 1 amide bonds. The molecular formula is C20H21N3O4. The molecule has 0 aliphatic carbocycles. The first-order valence-corrected chi connectivity index (χ1v) is 8.58. The highest BCUT2D eigenvalue weighted by Gasteiger charge is 2.10. The first kappa shape index (κ1) is 18.4. The largest absolute Gasteiger partial charge is 0.493 e. The topological polar surface area (TPSA) is 86.5 Å². The number of ether oxygens (including phenoxy) is 2. The molecule has 0 saturated carbocycles. The number of amides is 1. The molecule has 3 aromatic rings. The molecule has 0 saturated heterocycles. The Balaban J connectivity index is 1.45. The van der Waals surface area contributed by atoms with Crippen LogP contribution >= 0.6 is 0 Å². The number of hydrogen-bond acceptors (Lipinski definition) is 6. The minimum absolute atomic E-state index is 0.0985. The number of aryl methyl sites for hydroxylation is 1. The fourth-order valence-corrected chi connectivity index (χ4v) is 2.50. The summed E-state index contributed by atoms with van der Waals surface area (Å²) < 4.78 is 15.9. The van der Waals surface area contributed by atoms with Crippen LogP contribution < -0.4 is 14.8 Å². The average molecular weight is 367 g/mol. The van der Waals surface area contributed by atoms with E-state index in [9.17, 15) is 4.79 Å². The van der Waals surface area contributed by atoms with E-state index in [0.717, 1.165) is 11.1 Å². The smallest absolute Gasteiger partial charge is 0.257 e. The standard InChI is InChI=1S/C20H21N3O4/c1-14-6-5-7-15(12-14)20-22-19(27-23-20)10-11-21-18(24)13-26-17-9-4-3-8-16(17)25-2/h3-9,12H,10-11,13H2,1-2H3,(H,21,24). The van der Waals surface area contributed by atoms with Crippen molar-refractivity contribution in [2.45, 2.75) is 13.3 Å². The number of hydrogen-bond donors (Lipinski definition) is 1. The molecule has 0 radical (unpaired) electrons. The molecule has 0 aliphatic rings. The highest BCUT2D eigenvalue weighted by atomic mass is 16.5. The molecule has 0 spiro atoms. The molecule has 0 fully saturated rings. The van der Waals surface area contributed by atoms with Crippen LogP contribution in [0.5, 0.6) is 11.5 Å². The molecule has 7 heteroatoms. The Labute approximate surface area is 157 Å². The summed E-state index contributed by atoms with van der Waals surface area (Å²) in [5.74, 6) is 1.88. The van der Waals surface area contributed by atoms with Gasteiger partial charge < -0.3 is 19.3 Å². The summed E-state index contributed by atoms with van der Waals surface area (Å²) in [5.41, 5.74) is 2.03. The summed E-state index contributed by atoms with van der Waals surface area (Å²) in [5, 5.41) is 6.75. The summed E-state index contributed by atoms with van der Waals surface area (Å²) >= 11 is 0. The first-order valence-electron chi connectivity index (χ1n) is 8.58. The van der Waals surface area contributed by atoms with Crippen molar-refractivity contribution in [1.82, 2.24) is 15.5 Å². The monoisotopic (exact) mass is 367 g/mol. The maximum absolute atomic E-state index is 11.9. The van der Waals surface area contributed by atoms with E-state index >= 15 is 0 Å². The molecule has 1 aromatic heterocycles. The third-order valence-corrected chi connectivity index (χ3v) is 3.83. The molecular weight excluding hydrogens is 346 g/mol. The van der Waals surface area contributed by atoms with Crippen molar-refractivity contribution in [2.24, 2.45) is 0 Å². The Morgan fingerprint density at radius 3 is 2.74 bits per heavy atom. The van der Waals surface area contributed by atoms with Crippen molar-refractivity contribution in [2.75, 3.05) is 20.3 Å². The fourth-order valence-electron chi connectivity index (χ4n) is 2.50. The van der Waals surface area contributed by atoms with Gasteiger partial charge in [0.2, 0.25) is 11.7 Å². The van der Waals surface area contributed by atoms with Crippen LogP contribution in [0.4, 0.5) is 0 Å². The van der Waals surface area contributed by atoms with E-state index in [0.29, 0.717) is 36.2 Å². The van der Waals surface area contributed by atoms with Crippen LogP contribution in [0.25, 0.3) is 11.4 Å². The van der Waals surface area contributed by atoms with Crippen LogP contribution in [-0.4, -0.2) is 36.3 Å². The number of carbonyl (C=O) groups is 1. The maximum Gasteiger partial charge on any atom is 0.257 e. The average Bonchev–Trinajstić information content (AvgIpc) is 3.15. The predicted molar refractivity (Wildman–Crippen MR) is 99.7 cm³/mol. The molecule has 1 heterocycles. The van der Waals surface area contributed by atoms with Gasteiger partial charge in [-0.25, -0.2) is 0 Å². The van der Waals surface area contributed by atoms with Gasteiger partial charge >= 0.3 is 0 Å². The lowest BCUT2D eigenvalue weighted by Gasteiger charge is -2.10. The molecule has 1 N–H and O–H groups in total. The zero-order valence-corrected chi connectivity index (χ0v) is 15.3. The Bertz CT molecular complexity index is 908. The van der Waals surface area contributed by atoms with E-state index < -0.39 is 0 Å². The van der Waals surface area contributed by atoms with Gasteiger partial charge in [0.05, 0.1) is 7.11 Å². The molecule has 27 heavy (non-hydrogen) atoms. The SMILES string of the molecule is COc1ccccc1OCC(=O)NCCc1nc(-c2cccc(C)c2)no1. The van der Waals surface area contributed by atoms with Gasteiger partial charge in [-0.2, -0.15) is 4.98 Å². The van der Waals surface area contributed by atoms with Gasteiger partial charge in [-0.15, -0.1) is 0 Å². The highest BCUT2D eigenvalue weighted by molar-refractivity contribution is 5.77. The van der Waals surface area contributed by atoms with Crippen LogP contribution in [0.3, 0.4) is 0 Å². The van der Waals surface area contributed by atoms with Crippen LogP contribution in [0.15, 0.2) is 53.1 Å². The second-order valence-corrected chi connectivity index (χ2v) is 5.92. The number of methoxy groups -OCH3 is 1. The van der Waals surface area contributed by atoms with Crippen molar-refractivity contribution in [3.63, 3.8) is 0 Å². The molecule has 140 valence electrons. The second kappa shape index (κ2) is 8.84. The first-order chi connectivity index (χ1) is 13.2. The summed E-state index contributed by atoms with van der Waals surface area (Å²) in [6.45, 7) is 2.29. The van der Waals surface area contributed by atoms with E-state index in [1.165, 1.54) is 0 Å². The summed E-state index contributed by atoms with van der Waals surface area (Å²) in [4.78, 5) is 16.3. The van der Waals surface area contributed by atoms with Crippen LogP contribution in [0, 0.1) is 6.92 Å².